The van der Waals surface area contributed by atoms with Gasteiger partial charge in [-0.1, -0.05) is 72.3 Å². The van der Waals surface area contributed by atoms with Gasteiger partial charge in [0.1, 0.15) is 0 Å². The predicted molar refractivity (Wildman–Crippen MR) is 134 cm³/mol. The maximum absolute atomic E-state index is 13.9. The normalized spacial score (nSPS) is 18.2. The van der Waals surface area contributed by atoms with Gasteiger partial charge in [-0.05, 0) is 76.9 Å². The molecule has 34 heavy (non-hydrogen) atoms. The predicted octanol–water partition coefficient (Wildman–Crippen LogP) is 6.04. The van der Waals surface area contributed by atoms with Crippen molar-refractivity contribution in [2.45, 2.75) is 37.1 Å². The van der Waals surface area contributed by atoms with Crippen molar-refractivity contribution in [1.82, 2.24) is 4.31 Å². The molecule has 0 aromatic heterocycles. The first-order valence-electron chi connectivity index (χ1n) is 11.7. The molecule has 0 N–H and O–H groups in total. The lowest BCUT2D eigenvalue weighted by Gasteiger charge is -2.36. The van der Waals surface area contributed by atoms with Crippen LogP contribution in [-0.4, -0.2) is 18.6 Å². The third kappa shape index (κ3) is 3.34. The van der Waals surface area contributed by atoms with Crippen LogP contribution in [0.5, 0.6) is 0 Å². The minimum absolute atomic E-state index is 0.0443. The lowest BCUT2D eigenvalue weighted by molar-refractivity contribution is -0.129. The van der Waals surface area contributed by atoms with Gasteiger partial charge >= 0.3 is 0 Å². The van der Waals surface area contributed by atoms with Gasteiger partial charge in [-0.3, -0.25) is 4.79 Å². The van der Waals surface area contributed by atoms with Crippen molar-refractivity contribution in [1.29, 1.82) is 0 Å². The summed E-state index contributed by atoms with van der Waals surface area (Å²) in [6.07, 6.45) is 1.89. The van der Waals surface area contributed by atoms with E-state index in [2.05, 4.69) is 18.2 Å². The average molecular weight is 468 g/mol. The van der Waals surface area contributed by atoms with Crippen LogP contribution in [-0.2, 0) is 21.4 Å². The number of aryl methyl sites for hydroxylation is 1. The number of sulfonamides is 1. The molecule has 1 atom stereocenters. The van der Waals surface area contributed by atoms with E-state index in [-0.39, 0.29) is 23.3 Å². The number of benzene rings is 4. The molecule has 1 heterocycles. The highest BCUT2D eigenvalue weighted by atomic mass is 32.2. The minimum atomic E-state index is -3.98. The Morgan fingerprint density at radius 1 is 0.853 bits per heavy atom. The molecule has 4 aromatic rings. The topological polar surface area (TPSA) is 54.5 Å². The summed E-state index contributed by atoms with van der Waals surface area (Å²) in [6, 6.07) is 27.1. The van der Waals surface area contributed by atoms with Crippen molar-refractivity contribution >= 4 is 26.7 Å². The van der Waals surface area contributed by atoms with Gasteiger partial charge in [0, 0.05) is 0 Å². The van der Waals surface area contributed by atoms with Crippen LogP contribution in [0.1, 0.15) is 35.4 Å². The van der Waals surface area contributed by atoms with Crippen LogP contribution in [0.2, 0.25) is 0 Å². The number of rotatable bonds is 4. The SMILES string of the molecule is Cc1ccc(S(=O)(=O)N2Cc3c(-c4ccccc4)cc4ccccc4c3C(C3CC3)C2=O)cc1. The van der Waals surface area contributed by atoms with Crippen LogP contribution in [0.25, 0.3) is 21.9 Å². The molecule has 0 saturated heterocycles. The molecule has 2 aliphatic rings. The fraction of sp³-hybridized carbons (Fsp3) is 0.207. The van der Waals surface area contributed by atoms with Crippen LogP contribution < -0.4 is 0 Å². The van der Waals surface area contributed by atoms with E-state index in [0.29, 0.717) is 0 Å². The Morgan fingerprint density at radius 2 is 1.53 bits per heavy atom. The lowest BCUT2D eigenvalue weighted by atomic mass is 9.79. The first-order valence-corrected chi connectivity index (χ1v) is 13.1. The molecular formula is C29H25NO3S. The summed E-state index contributed by atoms with van der Waals surface area (Å²) in [6.45, 7) is 1.96. The second-order valence-corrected chi connectivity index (χ2v) is 11.2. The number of carbonyl (C=O) groups is 1. The molecule has 1 aliphatic carbocycles. The molecule has 170 valence electrons. The number of fused-ring (bicyclic) bond motifs is 3. The Balaban J connectivity index is 1.61. The zero-order valence-corrected chi connectivity index (χ0v) is 19.8. The van der Waals surface area contributed by atoms with Gasteiger partial charge in [-0.2, -0.15) is 0 Å². The highest BCUT2D eigenvalue weighted by Gasteiger charge is 2.48. The summed E-state index contributed by atoms with van der Waals surface area (Å²) >= 11 is 0. The third-order valence-corrected chi connectivity index (χ3v) is 8.87. The minimum Gasteiger partial charge on any atom is -0.273 e. The summed E-state index contributed by atoms with van der Waals surface area (Å²) in [5, 5.41) is 2.13. The first-order chi connectivity index (χ1) is 16.4. The Labute approximate surface area is 199 Å². The fourth-order valence-electron chi connectivity index (χ4n) is 5.23. The molecule has 6 rings (SSSR count). The zero-order chi connectivity index (χ0) is 23.4. The molecule has 5 heteroatoms. The van der Waals surface area contributed by atoms with E-state index in [1.807, 2.05) is 49.4 Å². The summed E-state index contributed by atoms with van der Waals surface area (Å²) in [5.74, 6) is -0.569. The van der Waals surface area contributed by atoms with Crippen molar-refractivity contribution in [3.63, 3.8) is 0 Å². The Morgan fingerprint density at radius 3 is 2.24 bits per heavy atom. The van der Waals surface area contributed by atoms with Crippen molar-refractivity contribution < 1.29 is 13.2 Å². The summed E-state index contributed by atoms with van der Waals surface area (Å²) in [4.78, 5) is 14.1. The van der Waals surface area contributed by atoms with Crippen molar-refractivity contribution in [2.75, 3.05) is 0 Å². The average Bonchev–Trinajstić information content (AvgIpc) is 3.69. The molecule has 0 spiro atoms. The monoisotopic (exact) mass is 467 g/mol. The van der Waals surface area contributed by atoms with E-state index in [4.69, 9.17) is 0 Å². The van der Waals surface area contributed by atoms with Gasteiger partial charge in [-0.15, -0.1) is 0 Å². The van der Waals surface area contributed by atoms with Gasteiger partial charge in [-0.25, -0.2) is 12.7 Å². The Hall–Kier alpha value is -3.44. The summed E-state index contributed by atoms with van der Waals surface area (Å²) < 4.78 is 28.6. The highest BCUT2D eigenvalue weighted by Crippen LogP contribution is 2.51. The quantitative estimate of drug-likeness (QED) is 0.368. The van der Waals surface area contributed by atoms with E-state index in [1.165, 1.54) is 0 Å². The standard InChI is InChI=1S/C29H25NO3S/c1-19-11-15-23(16-12-19)34(32,33)30-18-26-25(20-7-3-2-4-8-20)17-22-9-5-6-10-24(22)28(26)27(29(30)31)21-13-14-21/h2-12,15-17,21,27H,13-14,18H2,1H3. The van der Waals surface area contributed by atoms with Gasteiger partial charge in [0.05, 0.1) is 17.4 Å². The van der Waals surface area contributed by atoms with Crippen molar-refractivity contribution in [3.8, 4) is 11.1 Å². The second-order valence-electron chi connectivity index (χ2n) is 9.38. The highest BCUT2D eigenvalue weighted by molar-refractivity contribution is 7.89. The molecular weight excluding hydrogens is 442 g/mol. The number of nitrogens with zero attached hydrogens (tertiary/aromatic N) is 1. The smallest absolute Gasteiger partial charge is 0.266 e. The number of hydrogen-bond donors (Lipinski definition) is 0. The number of carbonyl (C=O) groups excluding carboxylic acids is 1. The largest absolute Gasteiger partial charge is 0.273 e. The number of amides is 1. The second kappa shape index (κ2) is 7.81. The maximum Gasteiger partial charge on any atom is 0.266 e. The fourth-order valence-corrected chi connectivity index (χ4v) is 6.61. The zero-order valence-electron chi connectivity index (χ0n) is 18.9. The third-order valence-electron chi connectivity index (χ3n) is 7.11. The molecule has 0 radical (unpaired) electrons. The van der Waals surface area contributed by atoms with E-state index in [1.54, 1.807) is 24.3 Å². The van der Waals surface area contributed by atoms with Gasteiger partial charge in [0.2, 0.25) is 5.91 Å². The van der Waals surface area contributed by atoms with E-state index < -0.39 is 15.9 Å². The van der Waals surface area contributed by atoms with Crippen LogP contribution >= 0.6 is 0 Å². The van der Waals surface area contributed by atoms with E-state index in [0.717, 1.165) is 55.7 Å². The van der Waals surface area contributed by atoms with Crippen LogP contribution in [0.3, 0.4) is 0 Å². The first kappa shape index (κ1) is 21.1. The molecule has 1 unspecified atom stereocenters. The molecule has 0 bridgehead atoms. The molecule has 4 aromatic carbocycles. The van der Waals surface area contributed by atoms with Gasteiger partial charge in [0.25, 0.3) is 10.0 Å². The maximum atomic E-state index is 13.9. The molecule has 1 amide bonds. The van der Waals surface area contributed by atoms with Crippen molar-refractivity contribution in [2.24, 2.45) is 5.92 Å². The molecule has 1 saturated carbocycles. The summed E-state index contributed by atoms with van der Waals surface area (Å²) in [5.41, 5.74) is 4.96. The van der Waals surface area contributed by atoms with Crippen LogP contribution in [0, 0.1) is 12.8 Å². The lowest BCUT2D eigenvalue weighted by Crippen LogP contribution is -2.44. The summed E-state index contributed by atoms with van der Waals surface area (Å²) in [7, 11) is -3.98. The van der Waals surface area contributed by atoms with E-state index >= 15 is 0 Å². The van der Waals surface area contributed by atoms with Gasteiger partial charge in [0.15, 0.2) is 0 Å². The van der Waals surface area contributed by atoms with E-state index in [9.17, 15) is 13.2 Å². The Bertz CT molecular complexity index is 1520. The number of hydrogen-bond acceptors (Lipinski definition) is 3. The molecule has 4 nitrogen and oxygen atoms in total. The molecule has 1 aliphatic heterocycles. The molecule has 1 fully saturated rings. The Kier molecular flexibility index (Phi) is 4.85. The van der Waals surface area contributed by atoms with Crippen LogP contribution in [0.4, 0.5) is 0 Å². The van der Waals surface area contributed by atoms with Crippen LogP contribution in [0.15, 0.2) is 89.8 Å². The van der Waals surface area contributed by atoms with Gasteiger partial charge < -0.3 is 0 Å². The van der Waals surface area contributed by atoms with Crippen molar-refractivity contribution in [3.05, 3.63) is 102 Å².